The summed E-state index contributed by atoms with van der Waals surface area (Å²) in [6.45, 7) is 2.98. The smallest absolute Gasteiger partial charge is 0.229 e. The second kappa shape index (κ2) is 8.63. The molecule has 0 atom stereocenters. The highest BCUT2D eigenvalue weighted by Crippen LogP contribution is 2.27. The average Bonchev–Trinajstić information content (AvgIpc) is 3.18. The predicted octanol–water partition coefficient (Wildman–Crippen LogP) is 3.33. The van der Waals surface area contributed by atoms with E-state index in [4.69, 9.17) is 15.9 Å². The summed E-state index contributed by atoms with van der Waals surface area (Å²) in [4.78, 5) is 16.8. The zero-order valence-corrected chi connectivity index (χ0v) is 15.2. The molecule has 1 aliphatic heterocycles. The number of benzene rings is 2. The number of nitrogens with two attached hydrogens (primary N) is 1. The highest BCUT2D eigenvalue weighted by atomic mass is 16.1. The predicted molar refractivity (Wildman–Crippen MR) is 113 cm³/mol. The molecule has 0 bridgehead atoms. The minimum atomic E-state index is 0.494. The van der Waals surface area contributed by atoms with Crippen LogP contribution in [0.4, 0.5) is 34.5 Å². The third-order valence-corrected chi connectivity index (χ3v) is 4.28. The van der Waals surface area contributed by atoms with Crippen LogP contribution in [-0.4, -0.2) is 29.5 Å². The summed E-state index contributed by atoms with van der Waals surface area (Å²) in [5, 5.41) is 17.3. The van der Waals surface area contributed by atoms with Crippen molar-refractivity contribution in [1.82, 2.24) is 9.97 Å². The molecule has 0 aliphatic carbocycles. The van der Waals surface area contributed by atoms with Crippen LogP contribution < -0.4 is 21.7 Å². The maximum Gasteiger partial charge on any atom is 0.229 e. The number of aromatic nitrogens is 2. The molecule has 0 unspecified atom stereocenters. The van der Waals surface area contributed by atoms with Gasteiger partial charge < -0.3 is 31.9 Å². The van der Waals surface area contributed by atoms with Gasteiger partial charge in [0.2, 0.25) is 5.95 Å². The van der Waals surface area contributed by atoms with E-state index in [1.54, 1.807) is 18.3 Å². The molecule has 0 saturated heterocycles. The van der Waals surface area contributed by atoms with E-state index in [-0.39, 0.29) is 0 Å². The number of fused-ring (bicyclic) bond motifs is 1. The Kier molecular flexibility index (Phi) is 5.81. The molecule has 1 aromatic heterocycles. The van der Waals surface area contributed by atoms with Crippen LogP contribution in [0.15, 0.2) is 48.7 Å². The minimum absolute atomic E-state index is 0.494. The Balaban J connectivity index is 0.00000109. The molecule has 0 saturated carbocycles. The topological polar surface area (TPSA) is 129 Å². The summed E-state index contributed by atoms with van der Waals surface area (Å²) >= 11 is 0. The van der Waals surface area contributed by atoms with Gasteiger partial charge >= 0.3 is 0 Å². The van der Waals surface area contributed by atoms with Crippen molar-refractivity contribution >= 4 is 47.5 Å². The van der Waals surface area contributed by atoms with E-state index >= 15 is 0 Å². The molecule has 2 heterocycles. The molecule has 8 heteroatoms. The van der Waals surface area contributed by atoms with E-state index < -0.39 is 0 Å². The zero-order valence-electron chi connectivity index (χ0n) is 15.2. The summed E-state index contributed by atoms with van der Waals surface area (Å²) in [5.41, 5.74) is 11.2. The quantitative estimate of drug-likeness (QED) is 0.342. The van der Waals surface area contributed by atoms with Crippen molar-refractivity contribution in [2.75, 3.05) is 28.2 Å². The maximum absolute atomic E-state index is 8.00. The third-order valence-electron chi connectivity index (χ3n) is 4.28. The van der Waals surface area contributed by atoms with Crippen LogP contribution in [0.1, 0.15) is 11.1 Å². The number of carbonyl (C=O) groups is 1. The lowest BCUT2D eigenvalue weighted by atomic mass is 10.1. The first-order chi connectivity index (χ1) is 13.7. The van der Waals surface area contributed by atoms with E-state index in [1.807, 2.05) is 25.0 Å². The fourth-order valence-corrected chi connectivity index (χ4v) is 2.98. The first-order valence-electron chi connectivity index (χ1n) is 8.64. The van der Waals surface area contributed by atoms with Crippen LogP contribution >= 0.6 is 0 Å². The Labute approximate surface area is 162 Å². The second-order valence-electron chi connectivity index (χ2n) is 6.02. The number of hydrogen-bond donors (Lipinski definition) is 5. The van der Waals surface area contributed by atoms with Gasteiger partial charge in [0, 0.05) is 41.6 Å². The first kappa shape index (κ1) is 18.8. The Hall–Kier alpha value is -3.94. The monoisotopic (exact) mass is 375 g/mol. The van der Waals surface area contributed by atoms with Crippen molar-refractivity contribution in [1.29, 1.82) is 5.41 Å². The lowest BCUT2D eigenvalue weighted by molar-refractivity contribution is -0.0979. The van der Waals surface area contributed by atoms with Crippen molar-refractivity contribution in [3.05, 3.63) is 59.8 Å². The van der Waals surface area contributed by atoms with Crippen LogP contribution in [0.25, 0.3) is 0 Å². The lowest BCUT2D eigenvalue weighted by Gasteiger charge is -2.12. The SMILES string of the molecule is C=O.N=Cc1c(N)cccc1Nc1ccnc(Nc2ccc3c(c2)NCC3)n1. The minimum Gasteiger partial charge on any atom is -0.398 e. The zero-order chi connectivity index (χ0) is 19.9. The molecule has 142 valence electrons. The third kappa shape index (κ3) is 4.07. The van der Waals surface area contributed by atoms with Gasteiger partial charge in [-0.25, -0.2) is 4.98 Å². The van der Waals surface area contributed by atoms with E-state index in [9.17, 15) is 0 Å². The molecule has 2 aromatic carbocycles. The maximum atomic E-state index is 8.00. The molecule has 28 heavy (non-hydrogen) atoms. The van der Waals surface area contributed by atoms with Gasteiger partial charge in [-0.1, -0.05) is 12.1 Å². The number of nitrogens with one attached hydrogen (secondary N) is 4. The van der Waals surface area contributed by atoms with E-state index in [2.05, 4.69) is 38.1 Å². The second-order valence-corrected chi connectivity index (χ2v) is 6.02. The highest BCUT2D eigenvalue weighted by Gasteiger charge is 2.11. The number of nitrogens with zero attached hydrogens (tertiary/aromatic N) is 2. The van der Waals surface area contributed by atoms with Crippen LogP contribution in [0.3, 0.4) is 0 Å². The van der Waals surface area contributed by atoms with Crippen LogP contribution in [-0.2, 0) is 11.2 Å². The Bertz CT molecular complexity index is 990. The van der Waals surface area contributed by atoms with Crippen LogP contribution in [0.2, 0.25) is 0 Å². The number of carbonyl (C=O) groups excluding carboxylic acids is 1. The van der Waals surface area contributed by atoms with Crippen molar-refractivity contribution < 1.29 is 4.79 Å². The van der Waals surface area contributed by atoms with Crippen molar-refractivity contribution in [3.8, 4) is 0 Å². The van der Waals surface area contributed by atoms with E-state index in [1.165, 1.54) is 11.8 Å². The summed E-state index contributed by atoms with van der Waals surface area (Å²) in [6.07, 6.45) is 3.97. The standard InChI is InChI=1S/C19H19N7.CH2O/c20-11-14-15(21)2-1-3-16(14)25-18-7-9-23-19(26-18)24-13-5-4-12-6-8-22-17(12)10-13;1-2/h1-5,7,9-11,20,22H,6,8,21H2,(H2,23,24,25,26);1H2. The van der Waals surface area contributed by atoms with Gasteiger partial charge in [-0.15, -0.1) is 0 Å². The van der Waals surface area contributed by atoms with Crippen LogP contribution in [0, 0.1) is 5.41 Å². The molecule has 1 aliphatic rings. The van der Waals surface area contributed by atoms with Gasteiger partial charge in [-0.2, -0.15) is 4.98 Å². The van der Waals surface area contributed by atoms with Gasteiger partial charge in [0.15, 0.2) is 0 Å². The number of nitrogen functional groups attached to an aromatic ring is 1. The molecular weight excluding hydrogens is 354 g/mol. The van der Waals surface area contributed by atoms with Gasteiger partial charge in [0.05, 0.1) is 5.69 Å². The molecule has 0 amide bonds. The van der Waals surface area contributed by atoms with Crippen molar-refractivity contribution in [2.45, 2.75) is 6.42 Å². The molecule has 4 rings (SSSR count). The fraction of sp³-hybridized carbons (Fsp3) is 0.100. The average molecular weight is 375 g/mol. The fourth-order valence-electron chi connectivity index (χ4n) is 2.98. The summed E-state index contributed by atoms with van der Waals surface area (Å²) in [7, 11) is 0. The Morgan fingerprint density at radius 2 is 2.04 bits per heavy atom. The van der Waals surface area contributed by atoms with Crippen molar-refractivity contribution in [3.63, 3.8) is 0 Å². The number of hydrogen-bond acceptors (Lipinski definition) is 8. The van der Waals surface area contributed by atoms with Gasteiger partial charge in [0.1, 0.15) is 12.6 Å². The van der Waals surface area contributed by atoms with Crippen LogP contribution in [0.5, 0.6) is 0 Å². The largest absolute Gasteiger partial charge is 0.398 e. The van der Waals surface area contributed by atoms with Crippen molar-refractivity contribution in [2.24, 2.45) is 0 Å². The summed E-state index contributed by atoms with van der Waals surface area (Å²) < 4.78 is 0. The van der Waals surface area contributed by atoms with Gasteiger partial charge in [-0.3, -0.25) is 0 Å². The normalized spacial score (nSPS) is 11.4. The molecule has 0 spiro atoms. The number of anilines is 6. The molecule has 8 nitrogen and oxygen atoms in total. The molecule has 0 fully saturated rings. The summed E-state index contributed by atoms with van der Waals surface area (Å²) in [6, 6.07) is 13.4. The Morgan fingerprint density at radius 1 is 1.18 bits per heavy atom. The number of rotatable bonds is 5. The van der Waals surface area contributed by atoms with E-state index in [0.717, 1.165) is 30.0 Å². The molecule has 3 aromatic rings. The van der Waals surface area contributed by atoms with Gasteiger partial charge in [-0.05, 0) is 42.3 Å². The highest BCUT2D eigenvalue weighted by molar-refractivity contribution is 5.93. The van der Waals surface area contributed by atoms with E-state index in [0.29, 0.717) is 23.0 Å². The molecule has 0 radical (unpaired) electrons. The summed E-state index contributed by atoms with van der Waals surface area (Å²) in [5.74, 6) is 1.11. The van der Waals surface area contributed by atoms with Gasteiger partial charge in [0.25, 0.3) is 0 Å². The molecular formula is C20H21N7O. The lowest BCUT2D eigenvalue weighted by Crippen LogP contribution is -2.03. The first-order valence-corrected chi connectivity index (χ1v) is 8.64. The molecule has 6 N–H and O–H groups in total. The Morgan fingerprint density at radius 3 is 2.86 bits per heavy atom.